The first-order valence-corrected chi connectivity index (χ1v) is 7.69. The monoisotopic (exact) mass is 334 g/mol. The summed E-state index contributed by atoms with van der Waals surface area (Å²) in [4.78, 5) is 16.6. The molecular weight excluding hydrogens is 314 g/mol. The molecule has 0 aliphatic rings. The molecule has 1 aromatic heterocycles. The van der Waals surface area contributed by atoms with Gasteiger partial charge in [-0.2, -0.15) is 8.78 Å². The Bertz CT molecular complexity index is 646. The van der Waals surface area contributed by atoms with Crippen molar-refractivity contribution in [2.45, 2.75) is 32.9 Å². The van der Waals surface area contributed by atoms with E-state index < -0.39 is 6.61 Å². The van der Waals surface area contributed by atoms with Gasteiger partial charge in [-0.1, -0.05) is 32.0 Å². The molecule has 4 nitrogen and oxygen atoms in total. The maximum atomic E-state index is 12.3. The van der Waals surface area contributed by atoms with Crippen molar-refractivity contribution in [3.05, 3.63) is 59.9 Å². The molecule has 0 aliphatic heterocycles. The van der Waals surface area contributed by atoms with E-state index in [0.717, 1.165) is 11.3 Å². The lowest BCUT2D eigenvalue weighted by Crippen LogP contribution is -2.33. The van der Waals surface area contributed by atoms with E-state index in [0.29, 0.717) is 0 Å². The van der Waals surface area contributed by atoms with Gasteiger partial charge in [0.2, 0.25) is 5.91 Å². The van der Waals surface area contributed by atoms with Gasteiger partial charge in [-0.3, -0.25) is 9.78 Å². The van der Waals surface area contributed by atoms with Gasteiger partial charge >= 0.3 is 6.61 Å². The molecule has 0 saturated carbocycles. The predicted octanol–water partition coefficient (Wildman–Crippen LogP) is 3.74. The van der Waals surface area contributed by atoms with Crippen LogP contribution in [0.3, 0.4) is 0 Å². The molecule has 1 unspecified atom stereocenters. The van der Waals surface area contributed by atoms with Crippen molar-refractivity contribution in [1.29, 1.82) is 0 Å². The number of alkyl halides is 2. The molecule has 0 fully saturated rings. The Morgan fingerprint density at radius 3 is 2.42 bits per heavy atom. The zero-order valence-corrected chi connectivity index (χ0v) is 13.6. The zero-order chi connectivity index (χ0) is 17.5. The first-order valence-electron chi connectivity index (χ1n) is 7.69. The molecule has 128 valence electrons. The number of amides is 1. The van der Waals surface area contributed by atoms with Crippen molar-refractivity contribution in [3.8, 4) is 5.75 Å². The van der Waals surface area contributed by atoms with E-state index in [4.69, 9.17) is 0 Å². The molecule has 1 aromatic carbocycles. The standard InChI is InChI=1S/C18H20F2N2O2/c1-12(2)17(15-5-3-4-10-21-15)22-16(23)11-13-6-8-14(9-7-13)24-18(19)20/h3-10,12,17-18H,11H2,1-2H3,(H,22,23). The molecule has 1 heterocycles. The summed E-state index contributed by atoms with van der Waals surface area (Å²) in [6, 6.07) is 11.4. The van der Waals surface area contributed by atoms with Crippen molar-refractivity contribution >= 4 is 5.91 Å². The summed E-state index contributed by atoms with van der Waals surface area (Å²) < 4.78 is 28.5. The van der Waals surface area contributed by atoms with E-state index in [1.54, 1.807) is 18.3 Å². The molecule has 24 heavy (non-hydrogen) atoms. The molecule has 1 N–H and O–H groups in total. The first-order chi connectivity index (χ1) is 11.5. The summed E-state index contributed by atoms with van der Waals surface area (Å²) in [6.07, 6.45) is 1.85. The maximum absolute atomic E-state index is 12.3. The van der Waals surface area contributed by atoms with Crippen molar-refractivity contribution in [1.82, 2.24) is 10.3 Å². The number of rotatable bonds is 7. The van der Waals surface area contributed by atoms with E-state index in [2.05, 4.69) is 15.0 Å². The average molecular weight is 334 g/mol. The fourth-order valence-corrected chi connectivity index (χ4v) is 2.34. The first kappa shape index (κ1) is 17.8. The van der Waals surface area contributed by atoms with E-state index in [1.807, 2.05) is 32.0 Å². The highest BCUT2D eigenvalue weighted by Gasteiger charge is 2.19. The lowest BCUT2D eigenvalue weighted by atomic mass is 10.00. The van der Waals surface area contributed by atoms with Gasteiger partial charge in [-0.15, -0.1) is 0 Å². The van der Waals surface area contributed by atoms with Crippen LogP contribution in [0.25, 0.3) is 0 Å². The number of carbonyl (C=O) groups excluding carboxylic acids is 1. The predicted molar refractivity (Wildman–Crippen MR) is 86.7 cm³/mol. The van der Waals surface area contributed by atoms with Crippen LogP contribution in [0.15, 0.2) is 48.7 Å². The van der Waals surface area contributed by atoms with E-state index in [9.17, 15) is 13.6 Å². The second kappa shape index (κ2) is 8.38. The van der Waals surface area contributed by atoms with Crippen LogP contribution in [-0.4, -0.2) is 17.5 Å². The van der Waals surface area contributed by atoms with Gasteiger partial charge in [-0.05, 0) is 35.7 Å². The van der Waals surface area contributed by atoms with Crippen LogP contribution in [0.2, 0.25) is 0 Å². The Morgan fingerprint density at radius 2 is 1.88 bits per heavy atom. The Hall–Kier alpha value is -2.50. The minimum atomic E-state index is -2.86. The van der Waals surface area contributed by atoms with Gasteiger partial charge < -0.3 is 10.1 Å². The topological polar surface area (TPSA) is 51.2 Å². The third-order valence-electron chi connectivity index (χ3n) is 3.50. The Balaban J connectivity index is 1.98. The highest BCUT2D eigenvalue weighted by Crippen LogP contribution is 2.20. The summed E-state index contributed by atoms with van der Waals surface area (Å²) in [6.45, 7) is 1.16. The summed E-state index contributed by atoms with van der Waals surface area (Å²) >= 11 is 0. The number of hydrogen-bond donors (Lipinski definition) is 1. The fourth-order valence-electron chi connectivity index (χ4n) is 2.34. The smallest absolute Gasteiger partial charge is 0.387 e. The Morgan fingerprint density at radius 1 is 1.17 bits per heavy atom. The second-order valence-corrected chi connectivity index (χ2v) is 5.74. The maximum Gasteiger partial charge on any atom is 0.387 e. The quantitative estimate of drug-likeness (QED) is 0.839. The molecule has 0 aliphatic carbocycles. The number of nitrogens with one attached hydrogen (secondary N) is 1. The minimum absolute atomic E-state index is 0.0719. The zero-order valence-electron chi connectivity index (χ0n) is 13.6. The number of aromatic nitrogens is 1. The lowest BCUT2D eigenvalue weighted by molar-refractivity contribution is -0.121. The summed E-state index contributed by atoms with van der Waals surface area (Å²) in [7, 11) is 0. The van der Waals surface area contributed by atoms with Crippen LogP contribution < -0.4 is 10.1 Å². The molecule has 6 heteroatoms. The molecule has 1 amide bonds. The van der Waals surface area contributed by atoms with Crippen molar-refractivity contribution in [2.75, 3.05) is 0 Å². The number of carbonyl (C=O) groups is 1. The fraction of sp³-hybridized carbons (Fsp3) is 0.333. The van der Waals surface area contributed by atoms with Crippen LogP contribution in [0.5, 0.6) is 5.75 Å². The average Bonchev–Trinajstić information content (AvgIpc) is 2.54. The third kappa shape index (κ3) is 5.30. The van der Waals surface area contributed by atoms with Gasteiger partial charge in [0.15, 0.2) is 0 Å². The van der Waals surface area contributed by atoms with Gasteiger partial charge in [0.25, 0.3) is 0 Å². The van der Waals surface area contributed by atoms with Crippen LogP contribution in [-0.2, 0) is 11.2 Å². The highest BCUT2D eigenvalue weighted by atomic mass is 19.3. The van der Waals surface area contributed by atoms with Crippen molar-refractivity contribution in [3.63, 3.8) is 0 Å². The summed E-state index contributed by atoms with van der Waals surface area (Å²) in [5.74, 6) is 0.107. The van der Waals surface area contributed by atoms with Gasteiger partial charge in [0.1, 0.15) is 5.75 Å². The SMILES string of the molecule is CC(C)C(NC(=O)Cc1ccc(OC(F)F)cc1)c1ccccn1. The summed E-state index contributed by atoms with van der Waals surface area (Å²) in [5, 5.41) is 2.98. The number of pyridine rings is 1. The number of hydrogen-bond acceptors (Lipinski definition) is 3. The van der Waals surface area contributed by atoms with E-state index in [-0.39, 0.29) is 30.0 Å². The number of halogens is 2. The van der Waals surface area contributed by atoms with Crippen molar-refractivity contribution < 1.29 is 18.3 Å². The Kier molecular flexibility index (Phi) is 6.23. The molecule has 1 atom stereocenters. The van der Waals surface area contributed by atoms with Crippen molar-refractivity contribution in [2.24, 2.45) is 5.92 Å². The molecule has 0 radical (unpaired) electrons. The van der Waals surface area contributed by atoms with Gasteiger partial charge in [-0.25, -0.2) is 0 Å². The highest BCUT2D eigenvalue weighted by molar-refractivity contribution is 5.79. The molecule has 2 aromatic rings. The van der Waals surface area contributed by atoms with Crippen LogP contribution in [0.4, 0.5) is 8.78 Å². The van der Waals surface area contributed by atoms with E-state index >= 15 is 0 Å². The minimum Gasteiger partial charge on any atom is -0.435 e. The van der Waals surface area contributed by atoms with Crippen LogP contribution in [0.1, 0.15) is 31.1 Å². The molecule has 0 bridgehead atoms. The Labute approximate surface area is 139 Å². The number of benzene rings is 1. The molecule has 2 rings (SSSR count). The largest absolute Gasteiger partial charge is 0.435 e. The third-order valence-corrected chi connectivity index (χ3v) is 3.50. The normalized spacial score (nSPS) is 12.2. The summed E-state index contributed by atoms with van der Waals surface area (Å²) in [5.41, 5.74) is 1.53. The van der Waals surface area contributed by atoms with Gasteiger partial charge in [0.05, 0.1) is 18.2 Å². The lowest BCUT2D eigenvalue weighted by Gasteiger charge is -2.22. The number of nitrogens with zero attached hydrogens (tertiary/aromatic N) is 1. The molecule has 0 spiro atoms. The molecule has 0 saturated heterocycles. The number of ether oxygens (including phenoxy) is 1. The van der Waals surface area contributed by atoms with Gasteiger partial charge in [0, 0.05) is 6.20 Å². The second-order valence-electron chi connectivity index (χ2n) is 5.74. The molecular formula is C18H20F2N2O2. The van der Waals surface area contributed by atoms with E-state index in [1.165, 1.54) is 12.1 Å². The van der Waals surface area contributed by atoms with Crippen LogP contribution >= 0.6 is 0 Å². The van der Waals surface area contributed by atoms with Crippen LogP contribution in [0, 0.1) is 5.92 Å².